The van der Waals surface area contributed by atoms with Crippen molar-refractivity contribution in [1.29, 1.82) is 0 Å². The Morgan fingerprint density at radius 3 is 2.62 bits per heavy atom. The van der Waals surface area contributed by atoms with Gasteiger partial charge in [0.05, 0.1) is 4.47 Å². The molecule has 0 aliphatic heterocycles. The van der Waals surface area contributed by atoms with Crippen LogP contribution in [0.4, 0.5) is 4.39 Å². The molecule has 1 rings (SSSR count). The van der Waals surface area contributed by atoms with Gasteiger partial charge in [0.1, 0.15) is 5.82 Å². The Labute approximate surface area is 86.3 Å². The van der Waals surface area contributed by atoms with Crippen molar-refractivity contribution in [3.8, 4) is 0 Å². The number of halogens is 2. The lowest BCUT2D eigenvalue weighted by Crippen LogP contribution is -2.29. The smallest absolute Gasteiger partial charge is 0.141 e. The summed E-state index contributed by atoms with van der Waals surface area (Å²) in [5, 5.41) is 0. The van der Waals surface area contributed by atoms with Gasteiger partial charge in [-0.15, -0.1) is 0 Å². The Kier molecular flexibility index (Phi) is 3.09. The summed E-state index contributed by atoms with van der Waals surface area (Å²) < 4.78 is 14.1. The van der Waals surface area contributed by atoms with Crippen LogP contribution in [-0.4, -0.2) is 6.54 Å². The molecule has 0 radical (unpaired) electrons. The van der Waals surface area contributed by atoms with Crippen LogP contribution in [0.1, 0.15) is 19.4 Å². The van der Waals surface area contributed by atoms with Gasteiger partial charge < -0.3 is 5.73 Å². The van der Waals surface area contributed by atoms with E-state index in [0.717, 1.165) is 0 Å². The van der Waals surface area contributed by atoms with Crippen LogP contribution in [0.15, 0.2) is 22.7 Å². The minimum absolute atomic E-state index is 0.210. The Hall–Kier alpha value is -0.410. The van der Waals surface area contributed by atoms with Gasteiger partial charge in [0, 0.05) is 12.0 Å². The molecule has 1 aromatic rings. The number of hydrogen-bond donors (Lipinski definition) is 1. The van der Waals surface area contributed by atoms with Crippen LogP contribution >= 0.6 is 15.9 Å². The summed E-state index contributed by atoms with van der Waals surface area (Å²) in [7, 11) is 0. The molecule has 0 aromatic heterocycles. The third kappa shape index (κ3) is 2.09. The van der Waals surface area contributed by atoms with Crippen molar-refractivity contribution in [2.45, 2.75) is 19.3 Å². The Morgan fingerprint density at radius 2 is 2.08 bits per heavy atom. The average Bonchev–Trinajstić information content (AvgIpc) is 2.09. The second-order valence-electron chi connectivity index (χ2n) is 3.69. The van der Waals surface area contributed by atoms with E-state index in [1.807, 2.05) is 19.9 Å². The van der Waals surface area contributed by atoms with Crippen molar-refractivity contribution in [3.63, 3.8) is 0 Å². The first-order valence-corrected chi connectivity index (χ1v) is 4.93. The summed E-state index contributed by atoms with van der Waals surface area (Å²) in [6.45, 7) is 4.29. The number of nitrogens with two attached hydrogens (primary N) is 1. The van der Waals surface area contributed by atoms with Gasteiger partial charge in [-0.05, 0) is 27.6 Å². The molecule has 0 amide bonds. The molecule has 1 nitrogen and oxygen atoms in total. The van der Waals surface area contributed by atoms with Crippen LogP contribution in [0.25, 0.3) is 0 Å². The Bertz CT molecular complexity index is 310. The van der Waals surface area contributed by atoms with Crippen LogP contribution in [0.3, 0.4) is 0 Å². The van der Waals surface area contributed by atoms with Crippen molar-refractivity contribution in [1.82, 2.24) is 0 Å². The van der Waals surface area contributed by atoms with E-state index in [-0.39, 0.29) is 11.2 Å². The topological polar surface area (TPSA) is 26.0 Å². The van der Waals surface area contributed by atoms with Crippen LogP contribution in [0, 0.1) is 5.82 Å². The molecular formula is C10H13BrFN. The van der Waals surface area contributed by atoms with Gasteiger partial charge >= 0.3 is 0 Å². The van der Waals surface area contributed by atoms with Crippen LogP contribution < -0.4 is 5.73 Å². The van der Waals surface area contributed by atoms with Crippen molar-refractivity contribution in [3.05, 3.63) is 34.1 Å². The fourth-order valence-corrected chi connectivity index (χ4v) is 1.50. The highest BCUT2D eigenvalue weighted by atomic mass is 79.9. The van der Waals surface area contributed by atoms with Crippen molar-refractivity contribution in [2.75, 3.05) is 6.54 Å². The van der Waals surface area contributed by atoms with Crippen LogP contribution in [-0.2, 0) is 5.41 Å². The first-order valence-electron chi connectivity index (χ1n) is 4.13. The van der Waals surface area contributed by atoms with Gasteiger partial charge in [0.2, 0.25) is 0 Å². The molecule has 13 heavy (non-hydrogen) atoms. The van der Waals surface area contributed by atoms with Crippen LogP contribution in [0.2, 0.25) is 0 Å². The normalized spacial score (nSPS) is 11.8. The first-order chi connectivity index (χ1) is 5.99. The predicted octanol–water partition coefficient (Wildman–Crippen LogP) is 2.82. The van der Waals surface area contributed by atoms with Gasteiger partial charge in [-0.2, -0.15) is 0 Å². The summed E-state index contributed by atoms with van der Waals surface area (Å²) in [6.07, 6.45) is 0. The van der Waals surface area contributed by atoms with Crippen molar-refractivity contribution in [2.24, 2.45) is 5.73 Å². The third-order valence-electron chi connectivity index (χ3n) is 2.19. The summed E-state index contributed by atoms with van der Waals surface area (Å²) in [6, 6.07) is 5.28. The highest BCUT2D eigenvalue weighted by Gasteiger charge is 2.23. The van der Waals surface area contributed by atoms with E-state index in [9.17, 15) is 4.39 Å². The van der Waals surface area contributed by atoms with E-state index in [2.05, 4.69) is 15.9 Å². The summed E-state index contributed by atoms with van der Waals surface area (Å²) in [5.74, 6) is -0.210. The SMILES string of the molecule is CC(C)(CN)c1cccc(Br)c1F. The fraction of sp³-hybridized carbons (Fsp3) is 0.400. The zero-order valence-corrected chi connectivity index (χ0v) is 9.36. The quantitative estimate of drug-likeness (QED) is 0.853. The minimum atomic E-state index is -0.312. The average molecular weight is 246 g/mol. The predicted molar refractivity (Wildman–Crippen MR) is 56.2 cm³/mol. The molecule has 1 aromatic carbocycles. The van der Waals surface area contributed by atoms with E-state index in [4.69, 9.17) is 5.73 Å². The lowest BCUT2D eigenvalue weighted by atomic mass is 9.84. The lowest BCUT2D eigenvalue weighted by Gasteiger charge is -2.23. The van der Waals surface area contributed by atoms with E-state index in [1.54, 1.807) is 12.1 Å². The van der Waals surface area contributed by atoms with Gasteiger partial charge in [-0.3, -0.25) is 0 Å². The molecule has 0 spiro atoms. The molecule has 0 saturated heterocycles. The zero-order valence-electron chi connectivity index (χ0n) is 7.77. The highest BCUT2D eigenvalue weighted by Crippen LogP contribution is 2.28. The maximum absolute atomic E-state index is 13.6. The Balaban J connectivity index is 3.22. The molecule has 72 valence electrons. The standard InChI is InChI=1S/C10H13BrFN/c1-10(2,6-13)7-4-3-5-8(11)9(7)12/h3-5H,6,13H2,1-2H3. The van der Waals surface area contributed by atoms with E-state index >= 15 is 0 Å². The molecule has 0 unspecified atom stereocenters. The lowest BCUT2D eigenvalue weighted by molar-refractivity contribution is 0.490. The van der Waals surface area contributed by atoms with E-state index < -0.39 is 0 Å². The molecule has 0 fully saturated rings. The molecule has 0 heterocycles. The molecule has 0 bridgehead atoms. The molecule has 0 saturated carbocycles. The van der Waals surface area contributed by atoms with Gasteiger partial charge in [0.15, 0.2) is 0 Å². The molecule has 0 aliphatic rings. The summed E-state index contributed by atoms with van der Waals surface area (Å²) >= 11 is 3.15. The molecule has 0 atom stereocenters. The minimum Gasteiger partial charge on any atom is -0.330 e. The number of rotatable bonds is 2. The molecular weight excluding hydrogens is 233 g/mol. The zero-order chi connectivity index (χ0) is 10.1. The van der Waals surface area contributed by atoms with Crippen molar-refractivity contribution >= 4 is 15.9 Å². The molecule has 0 aliphatic carbocycles. The largest absolute Gasteiger partial charge is 0.330 e. The number of benzene rings is 1. The molecule has 3 heteroatoms. The molecule has 2 N–H and O–H groups in total. The van der Waals surface area contributed by atoms with Crippen LogP contribution in [0.5, 0.6) is 0 Å². The van der Waals surface area contributed by atoms with Gasteiger partial charge in [-0.1, -0.05) is 26.0 Å². The third-order valence-corrected chi connectivity index (χ3v) is 2.80. The first kappa shape index (κ1) is 10.7. The fourth-order valence-electron chi connectivity index (χ4n) is 1.14. The summed E-state index contributed by atoms with van der Waals surface area (Å²) in [4.78, 5) is 0. The maximum Gasteiger partial charge on any atom is 0.141 e. The van der Waals surface area contributed by atoms with Gasteiger partial charge in [0.25, 0.3) is 0 Å². The summed E-state index contributed by atoms with van der Waals surface area (Å²) in [5.41, 5.74) is 5.92. The Morgan fingerprint density at radius 1 is 1.46 bits per heavy atom. The highest BCUT2D eigenvalue weighted by molar-refractivity contribution is 9.10. The monoisotopic (exact) mass is 245 g/mol. The second kappa shape index (κ2) is 3.76. The van der Waals surface area contributed by atoms with Gasteiger partial charge in [-0.25, -0.2) is 4.39 Å². The van der Waals surface area contributed by atoms with E-state index in [1.165, 1.54) is 0 Å². The number of hydrogen-bond acceptors (Lipinski definition) is 1. The second-order valence-corrected chi connectivity index (χ2v) is 4.54. The van der Waals surface area contributed by atoms with Crippen molar-refractivity contribution < 1.29 is 4.39 Å². The maximum atomic E-state index is 13.6. The van der Waals surface area contributed by atoms with E-state index in [0.29, 0.717) is 16.6 Å².